The molecule has 1 aromatic carbocycles. The van der Waals surface area contributed by atoms with Crippen LogP contribution < -0.4 is 10.6 Å². The minimum absolute atomic E-state index is 0.0291. The van der Waals surface area contributed by atoms with Crippen LogP contribution in [0.3, 0.4) is 0 Å². The van der Waals surface area contributed by atoms with Gasteiger partial charge >= 0.3 is 6.09 Å². The number of rotatable bonds is 0. The highest BCUT2D eigenvalue weighted by Gasteiger charge is 2.34. The summed E-state index contributed by atoms with van der Waals surface area (Å²) in [5.41, 5.74) is 8.76. The summed E-state index contributed by atoms with van der Waals surface area (Å²) in [6.07, 6.45) is 0.442. The Morgan fingerprint density at radius 2 is 2.05 bits per heavy atom. The topological polar surface area (TPSA) is 55.6 Å². The summed E-state index contributed by atoms with van der Waals surface area (Å²) in [5, 5.41) is 0. The highest BCUT2D eigenvalue weighted by atomic mass is 16.6. The van der Waals surface area contributed by atoms with Crippen LogP contribution in [0.25, 0.3) is 0 Å². The van der Waals surface area contributed by atoms with Gasteiger partial charge in [0.1, 0.15) is 5.60 Å². The molecule has 1 aliphatic rings. The van der Waals surface area contributed by atoms with Crippen molar-refractivity contribution in [2.45, 2.75) is 58.7 Å². The molecule has 1 heterocycles. The number of nitrogens with two attached hydrogens (primary N) is 1. The zero-order chi connectivity index (χ0) is 15.1. The van der Waals surface area contributed by atoms with Crippen molar-refractivity contribution in [3.05, 3.63) is 29.3 Å². The standard InChI is InChI=1S/C16H24N2O2/c1-10-6-7-14-12(8-10)13(17)9-11(2)18(14)15(19)20-16(3,4)5/h6-8,11,13H,9,17H2,1-5H3. The quantitative estimate of drug-likeness (QED) is 0.788. The van der Waals surface area contributed by atoms with E-state index < -0.39 is 5.60 Å². The first-order chi connectivity index (χ1) is 9.19. The van der Waals surface area contributed by atoms with Crippen LogP contribution in [0.5, 0.6) is 0 Å². The van der Waals surface area contributed by atoms with E-state index in [-0.39, 0.29) is 18.2 Å². The molecule has 2 rings (SSSR count). The maximum atomic E-state index is 12.4. The molecular weight excluding hydrogens is 252 g/mol. The minimum Gasteiger partial charge on any atom is -0.443 e. The second-order valence-corrected chi connectivity index (χ2v) is 6.60. The molecule has 4 heteroatoms. The van der Waals surface area contributed by atoms with Crippen LogP contribution in [-0.2, 0) is 4.74 Å². The Labute approximate surface area is 120 Å². The van der Waals surface area contributed by atoms with Gasteiger partial charge in [0.15, 0.2) is 0 Å². The molecule has 1 amide bonds. The molecule has 0 aliphatic carbocycles. The van der Waals surface area contributed by atoms with Gasteiger partial charge in [-0.15, -0.1) is 0 Å². The van der Waals surface area contributed by atoms with Crippen molar-refractivity contribution >= 4 is 11.8 Å². The number of nitrogens with zero attached hydrogens (tertiary/aromatic N) is 1. The Morgan fingerprint density at radius 1 is 1.40 bits per heavy atom. The van der Waals surface area contributed by atoms with Crippen LogP contribution in [0.15, 0.2) is 18.2 Å². The third kappa shape index (κ3) is 2.96. The normalized spacial score (nSPS) is 22.4. The van der Waals surface area contributed by atoms with Crippen LogP contribution in [0.4, 0.5) is 10.5 Å². The van der Waals surface area contributed by atoms with Crippen LogP contribution in [0.2, 0.25) is 0 Å². The number of ether oxygens (including phenoxy) is 1. The molecule has 0 saturated heterocycles. The number of fused-ring (bicyclic) bond motifs is 1. The first kappa shape index (κ1) is 14.9. The third-order valence-electron chi connectivity index (χ3n) is 3.47. The summed E-state index contributed by atoms with van der Waals surface area (Å²) < 4.78 is 5.52. The van der Waals surface area contributed by atoms with Crippen molar-refractivity contribution in [3.63, 3.8) is 0 Å². The highest BCUT2D eigenvalue weighted by molar-refractivity contribution is 5.90. The molecule has 2 N–H and O–H groups in total. The van der Waals surface area contributed by atoms with E-state index in [1.165, 1.54) is 0 Å². The highest BCUT2D eigenvalue weighted by Crippen LogP contribution is 2.37. The number of anilines is 1. The van der Waals surface area contributed by atoms with Gasteiger partial charge in [0, 0.05) is 12.1 Å². The molecule has 0 saturated carbocycles. The van der Waals surface area contributed by atoms with Gasteiger partial charge in [-0.05, 0) is 52.7 Å². The number of aryl methyl sites for hydroxylation is 1. The van der Waals surface area contributed by atoms with Gasteiger partial charge in [-0.3, -0.25) is 4.90 Å². The van der Waals surface area contributed by atoms with Crippen LogP contribution in [0, 0.1) is 6.92 Å². The van der Waals surface area contributed by atoms with Crippen molar-refractivity contribution in [2.24, 2.45) is 5.73 Å². The van der Waals surface area contributed by atoms with Gasteiger partial charge in [0.25, 0.3) is 0 Å². The predicted molar refractivity (Wildman–Crippen MR) is 80.9 cm³/mol. The fourth-order valence-electron chi connectivity index (χ4n) is 2.62. The van der Waals surface area contributed by atoms with Gasteiger partial charge in [-0.25, -0.2) is 4.79 Å². The van der Waals surface area contributed by atoms with E-state index >= 15 is 0 Å². The average Bonchev–Trinajstić information content (AvgIpc) is 2.27. The van der Waals surface area contributed by atoms with Crippen LogP contribution in [-0.4, -0.2) is 17.7 Å². The fraction of sp³-hybridized carbons (Fsp3) is 0.562. The molecule has 0 radical (unpaired) electrons. The third-order valence-corrected chi connectivity index (χ3v) is 3.47. The van der Waals surface area contributed by atoms with Crippen molar-refractivity contribution in [2.75, 3.05) is 4.90 Å². The van der Waals surface area contributed by atoms with Gasteiger partial charge in [0.2, 0.25) is 0 Å². The molecule has 0 spiro atoms. The van der Waals surface area contributed by atoms with E-state index in [0.717, 1.165) is 23.2 Å². The zero-order valence-corrected chi connectivity index (χ0v) is 12.9. The van der Waals surface area contributed by atoms with E-state index in [9.17, 15) is 4.79 Å². The van der Waals surface area contributed by atoms with E-state index in [0.29, 0.717) is 0 Å². The molecule has 110 valence electrons. The Bertz CT molecular complexity index is 520. The summed E-state index contributed by atoms with van der Waals surface area (Å²) in [4.78, 5) is 14.2. The van der Waals surface area contributed by atoms with E-state index in [1.807, 2.05) is 46.8 Å². The number of hydrogen-bond donors (Lipinski definition) is 1. The SMILES string of the molecule is Cc1ccc2c(c1)C(N)CC(C)N2C(=O)OC(C)(C)C. The number of carbonyl (C=O) groups excluding carboxylic acids is 1. The zero-order valence-electron chi connectivity index (χ0n) is 12.9. The molecule has 1 aliphatic heterocycles. The molecule has 0 bridgehead atoms. The predicted octanol–water partition coefficient (Wildman–Crippen LogP) is 3.53. The number of hydrogen-bond acceptors (Lipinski definition) is 3. The molecule has 4 nitrogen and oxygen atoms in total. The first-order valence-corrected chi connectivity index (χ1v) is 7.07. The summed E-state index contributed by atoms with van der Waals surface area (Å²) in [5.74, 6) is 0. The number of carbonyl (C=O) groups is 1. The number of amides is 1. The number of benzene rings is 1. The van der Waals surface area contributed by atoms with Crippen LogP contribution >= 0.6 is 0 Å². The molecule has 2 unspecified atom stereocenters. The van der Waals surface area contributed by atoms with Crippen molar-refractivity contribution in [1.82, 2.24) is 0 Å². The summed E-state index contributed by atoms with van der Waals surface area (Å²) in [6.45, 7) is 9.67. The Balaban J connectivity index is 2.39. The molecule has 20 heavy (non-hydrogen) atoms. The first-order valence-electron chi connectivity index (χ1n) is 7.07. The Hall–Kier alpha value is -1.55. The van der Waals surface area contributed by atoms with Gasteiger partial charge in [-0.1, -0.05) is 17.7 Å². The largest absolute Gasteiger partial charge is 0.443 e. The molecule has 1 aromatic rings. The lowest BCUT2D eigenvalue weighted by Gasteiger charge is -2.38. The summed E-state index contributed by atoms with van der Waals surface area (Å²) in [6, 6.07) is 6.03. The van der Waals surface area contributed by atoms with Crippen LogP contribution in [0.1, 0.15) is 51.3 Å². The molecule has 2 atom stereocenters. The lowest BCUT2D eigenvalue weighted by molar-refractivity contribution is 0.0562. The van der Waals surface area contributed by atoms with Crippen molar-refractivity contribution in [1.29, 1.82) is 0 Å². The molecule has 0 aromatic heterocycles. The monoisotopic (exact) mass is 276 g/mol. The van der Waals surface area contributed by atoms with Gasteiger partial charge in [-0.2, -0.15) is 0 Å². The van der Waals surface area contributed by atoms with E-state index in [2.05, 4.69) is 6.07 Å². The summed E-state index contributed by atoms with van der Waals surface area (Å²) >= 11 is 0. The van der Waals surface area contributed by atoms with Gasteiger partial charge < -0.3 is 10.5 Å². The van der Waals surface area contributed by atoms with Crippen molar-refractivity contribution < 1.29 is 9.53 Å². The second kappa shape index (κ2) is 5.09. The second-order valence-electron chi connectivity index (χ2n) is 6.60. The maximum absolute atomic E-state index is 12.4. The Morgan fingerprint density at radius 3 is 2.65 bits per heavy atom. The average molecular weight is 276 g/mol. The lowest BCUT2D eigenvalue weighted by atomic mass is 9.91. The van der Waals surface area contributed by atoms with Crippen molar-refractivity contribution in [3.8, 4) is 0 Å². The molecular formula is C16H24N2O2. The summed E-state index contributed by atoms with van der Waals surface area (Å²) in [7, 11) is 0. The van der Waals surface area contributed by atoms with E-state index in [4.69, 9.17) is 10.5 Å². The minimum atomic E-state index is -0.499. The smallest absolute Gasteiger partial charge is 0.415 e. The fourth-order valence-corrected chi connectivity index (χ4v) is 2.62. The maximum Gasteiger partial charge on any atom is 0.415 e. The Kier molecular flexibility index (Phi) is 3.78. The van der Waals surface area contributed by atoms with Gasteiger partial charge in [0.05, 0.1) is 5.69 Å². The van der Waals surface area contributed by atoms with E-state index in [1.54, 1.807) is 4.90 Å². The molecule has 0 fully saturated rings. The lowest BCUT2D eigenvalue weighted by Crippen LogP contribution is -2.46.